The van der Waals surface area contributed by atoms with Crippen molar-refractivity contribution in [3.05, 3.63) is 24.3 Å². The van der Waals surface area contributed by atoms with Crippen LogP contribution in [-0.2, 0) is 19.1 Å². The number of carbonyl (C=O) groups is 2. The number of aliphatic carboxylic acids is 1. The van der Waals surface area contributed by atoms with Crippen molar-refractivity contribution in [1.29, 1.82) is 0 Å². The number of esters is 1. The lowest BCUT2D eigenvalue weighted by atomic mass is 9.83. The van der Waals surface area contributed by atoms with Crippen LogP contribution in [0, 0.1) is 11.8 Å². The molecule has 1 N–H and O–H groups in total. The van der Waals surface area contributed by atoms with Crippen LogP contribution >= 0.6 is 0 Å². The molecule has 0 aromatic heterocycles. The molecule has 1 aliphatic carbocycles. The van der Waals surface area contributed by atoms with Crippen LogP contribution in [-0.4, -0.2) is 36.4 Å². The van der Waals surface area contributed by atoms with E-state index in [0.29, 0.717) is 19.4 Å². The van der Waals surface area contributed by atoms with E-state index in [9.17, 15) is 9.59 Å². The van der Waals surface area contributed by atoms with E-state index in [1.807, 2.05) is 13.0 Å². The summed E-state index contributed by atoms with van der Waals surface area (Å²) in [5.41, 5.74) is 0.895. The van der Waals surface area contributed by atoms with Crippen molar-refractivity contribution in [2.75, 3.05) is 13.2 Å². The highest BCUT2D eigenvalue weighted by Gasteiger charge is 2.35. The standard InChI is InChI=1S/C15H22O5/c1-10(2)8-19-11(3)9-20-15(18)13-7-5-4-6-12(13)14(16)17/h4-5,11-13H,1,6-9H2,2-3H3,(H,16,17). The second-order valence-electron chi connectivity index (χ2n) is 5.20. The molecule has 1 rings (SSSR count). The monoisotopic (exact) mass is 282 g/mol. The average Bonchev–Trinajstić information content (AvgIpc) is 2.42. The van der Waals surface area contributed by atoms with E-state index < -0.39 is 23.8 Å². The van der Waals surface area contributed by atoms with Gasteiger partial charge in [-0.25, -0.2) is 0 Å². The van der Waals surface area contributed by atoms with Crippen LogP contribution in [0.5, 0.6) is 0 Å². The first-order valence-electron chi connectivity index (χ1n) is 6.72. The first-order chi connectivity index (χ1) is 9.41. The number of hydrogen-bond acceptors (Lipinski definition) is 4. The summed E-state index contributed by atoms with van der Waals surface area (Å²) in [6, 6.07) is 0. The van der Waals surface area contributed by atoms with E-state index in [1.54, 1.807) is 13.0 Å². The van der Waals surface area contributed by atoms with Crippen molar-refractivity contribution in [3.63, 3.8) is 0 Å². The number of rotatable bonds is 7. The van der Waals surface area contributed by atoms with E-state index in [1.165, 1.54) is 0 Å². The van der Waals surface area contributed by atoms with Crippen LogP contribution in [0.1, 0.15) is 26.7 Å². The van der Waals surface area contributed by atoms with Crippen molar-refractivity contribution in [2.24, 2.45) is 11.8 Å². The fourth-order valence-electron chi connectivity index (χ4n) is 1.99. The third-order valence-corrected chi connectivity index (χ3v) is 3.13. The highest BCUT2D eigenvalue weighted by atomic mass is 16.6. The Morgan fingerprint density at radius 1 is 1.35 bits per heavy atom. The van der Waals surface area contributed by atoms with Gasteiger partial charge < -0.3 is 14.6 Å². The van der Waals surface area contributed by atoms with Gasteiger partial charge in [0.25, 0.3) is 0 Å². The molecule has 3 atom stereocenters. The maximum Gasteiger partial charge on any atom is 0.310 e. The molecule has 0 spiro atoms. The smallest absolute Gasteiger partial charge is 0.310 e. The fraction of sp³-hybridized carbons (Fsp3) is 0.600. The molecule has 0 radical (unpaired) electrons. The highest BCUT2D eigenvalue weighted by molar-refractivity contribution is 5.81. The van der Waals surface area contributed by atoms with E-state index in [0.717, 1.165) is 5.57 Å². The maximum atomic E-state index is 12.0. The van der Waals surface area contributed by atoms with Crippen LogP contribution in [0.15, 0.2) is 24.3 Å². The van der Waals surface area contributed by atoms with Gasteiger partial charge in [0.1, 0.15) is 6.61 Å². The molecule has 0 amide bonds. The number of carbonyl (C=O) groups excluding carboxylic acids is 1. The van der Waals surface area contributed by atoms with Gasteiger partial charge in [-0.2, -0.15) is 0 Å². The number of hydrogen-bond donors (Lipinski definition) is 1. The van der Waals surface area contributed by atoms with Crippen molar-refractivity contribution >= 4 is 11.9 Å². The predicted molar refractivity (Wildman–Crippen MR) is 74.2 cm³/mol. The Kier molecular flexibility index (Phi) is 6.45. The van der Waals surface area contributed by atoms with Crippen molar-refractivity contribution in [2.45, 2.75) is 32.8 Å². The summed E-state index contributed by atoms with van der Waals surface area (Å²) >= 11 is 0. The average molecular weight is 282 g/mol. The molecule has 5 nitrogen and oxygen atoms in total. The van der Waals surface area contributed by atoms with Gasteiger partial charge in [-0.15, -0.1) is 0 Å². The SMILES string of the molecule is C=C(C)COC(C)COC(=O)C1CC=CCC1C(=O)O. The molecule has 0 saturated heterocycles. The lowest BCUT2D eigenvalue weighted by molar-refractivity contribution is -0.160. The molecule has 5 heteroatoms. The molecule has 0 heterocycles. The highest BCUT2D eigenvalue weighted by Crippen LogP contribution is 2.27. The summed E-state index contributed by atoms with van der Waals surface area (Å²) in [5.74, 6) is -2.72. The third kappa shape index (κ3) is 5.17. The number of carboxylic acids is 1. The van der Waals surface area contributed by atoms with Gasteiger partial charge in [-0.1, -0.05) is 24.3 Å². The summed E-state index contributed by atoms with van der Waals surface area (Å²) in [6.45, 7) is 7.91. The second kappa shape index (κ2) is 7.85. The minimum atomic E-state index is -0.956. The molecule has 20 heavy (non-hydrogen) atoms. The van der Waals surface area contributed by atoms with Gasteiger partial charge in [-0.3, -0.25) is 9.59 Å². The van der Waals surface area contributed by atoms with Crippen molar-refractivity contribution in [1.82, 2.24) is 0 Å². The summed E-state index contributed by atoms with van der Waals surface area (Å²) in [7, 11) is 0. The first-order valence-corrected chi connectivity index (χ1v) is 6.72. The lowest BCUT2D eigenvalue weighted by Crippen LogP contribution is -2.33. The number of allylic oxidation sites excluding steroid dienone is 2. The van der Waals surface area contributed by atoms with E-state index in [-0.39, 0.29) is 12.7 Å². The predicted octanol–water partition coefficient (Wildman–Crippen LogP) is 2.18. The molecule has 0 bridgehead atoms. The van der Waals surface area contributed by atoms with Crippen LogP contribution in [0.3, 0.4) is 0 Å². The van der Waals surface area contributed by atoms with Gasteiger partial charge in [0, 0.05) is 0 Å². The van der Waals surface area contributed by atoms with Gasteiger partial charge in [0.2, 0.25) is 0 Å². The first kappa shape index (κ1) is 16.4. The topological polar surface area (TPSA) is 72.8 Å². The Labute approximate surface area is 119 Å². The Balaban J connectivity index is 2.43. The van der Waals surface area contributed by atoms with Crippen LogP contribution < -0.4 is 0 Å². The second-order valence-corrected chi connectivity index (χ2v) is 5.20. The zero-order chi connectivity index (χ0) is 15.1. The van der Waals surface area contributed by atoms with Crippen molar-refractivity contribution in [3.8, 4) is 0 Å². The van der Waals surface area contributed by atoms with E-state index in [4.69, 9.17) is 14.6 Å². The Morgan fingerprint density at radius 3 is 2.50 bits per heavy atom. The normalized spacial score (nSPS) is 23.1. The Hall–Kier alpha value is -1.62. The molecule has 112 valence electrons. The van der Waals surface area contributed by atoms with Crippen LogP contribution in [0.25, 0.3) is 0 Å². The van der Waals surface area contributed by atoms with Gasteiger partial charge in [0.05, 0.1) is 24.5 Å². The van der Waals surface area contributed by atoms with Gasteiger partial charge >= 0.3 is 11.9 Å². The summed E-state index contributed by atoms with van der Waals surface area (Å²) in [6.07, 6.45) is 4.17. The van der Waals surface area contributed by atoms with Gasteiger partial charge in [0.15, 0.2) is 0 Å². The zero-order valence-corrected chi connectivity index (χ0v) is 12.0. The molecule has 3 unspecified atom stereocenters. The largest absolute Gasteiger partial charge is 0.481 e. The van der Waals surface area contributed by atoms with E-state index in [2.05, 4.69) is 6.58 Å². The van der Waals surface area contributed by atoms with Crippen LogP contribution in [0.2, 0.25) is 0 Å². The summed E-state index contributed by atoms with van der Waals surface area (Å²) in [4.78, 5) is 23.1. The third-order valence-electron chi connectivity index (χ3n) is 3.13. The quantitative estimate of drug-likeness (QED) is 0.572. The van der Waals surface area contributed by atoms with Crippen LogP contribution in [0.4, 0.5) is 0 Å². The Bertz CT molecular complexity index is 399. The maximum absolute atomic E-state index is 12.0. The summed E-state index contributed by atoms with van der Waals surface area (Å²) in [5, 5.41) is 9.10. The van der Waals surface area contributed by atoms with Gasteiger partial charge in [-0.05, 0) is 26.7 Å². The molecule has 0 aliphatic heterocycles. The molecule has 0 saturated carbocycles. The van der Waals surface area contributed by atoms with Crippen molar-refractivity contribution < 1.29 is 24.2 Å². The number of ether oxygens (including phenoxy) is 2. The zero-order valence-electron chi connectivity index (χ0n) is 12.0. The van der Waals surface area contributed by atoms with E-state index >= 15 is 0 Å². The minimum absolute atomic E-state index is 0.124. The summed E-state index contributed by atoms with van der Waals surface area (Å²) < 4.78 is 10.6. The molecular weight excluding hydrogens is 260 g/mol. The molecule has 1 aliphatic rings. The minimum Gasteiger partial charge on any atom is -0.481 e. The lowest BCUT2D eigenvalue weighted by Gasteiger charge is -2.24. The fourth-order valence-corrected chi connectivity index (χ4v) is 1.99. The molecule has 0 fully saturated rings. The molecule has 0 aromatic rings. The number of carboxylic acid groups (broad SMARTS) is 1. The molecular formula is C15H22O5. The molecule has 0 aromatic carbocycles. The Morgan fingerprint density at radius 2 is 1.95 bits per heavy atom.